The van der Waals surface area contributed by atoms with Gasteiger partial charge in [-0.05, 0) is 72.4 Å². The fourth-order valence-electron chi connectivity index (χ4n) is 4.89. The number of carbonyl (C=O) groups is 1. The lowest BCUT2D eigenvalue weighted by atomic mass is 10.0. The molecule has 41 heavy (non-hydrogen) atoms. The average molecular weight is 565 g/mol. The number of hydrogen-bond donors (Lipinski definition) is 0. The summed E-state index contributed by atoms with van der Waals surface area (Å²) in [6, 6.07) is 16.3. The maximum atomic E-state index is 14.6. The molecule has 3 aromatic rings. The van der Waals surface area contributed by atoms with Crippen molar-refractivity contribution in [3.63, 3.8) is 0 Å². The number of benzene rings is 3. The first-order valence-electron chi connectivity index (χ1n) is 15.5. The van der Waals surface area contributed by atoms with Crippen molar-refractivity contribution in [2.75, 3.05) is 6.61 Å². The highest BCUT2D eigenvalue weighted by Crippen LogP contribution is 2.27. The van der Waals surface area contributed by atoms with Crippen molar-refractivity contribution in [2.45, 2.75) is 104 Å². The predicted molar refractivity (Wildman–Crippen MR) is 164 cm³/mol. The van der Waals surface area contributed by atoms with Crippen LogP contribution in [0, 0.1) is 11.6 Å². The molecule has 0 spiro atoms. The van der Waals surface area contributed by atoms with Gasteiger partial charge in [-0.1, -0.05) is 109 Å². The zero-order chi connectivity index (χ0) is 29.3. The Bertz CT molecular complexity index is 1190. The van der Waals surface area contributed by atoms with E-state index < -0.39 is 17.6 Å². The zero-order valence-electron chi connectivity index (χ0n) is 24.9. The van der Waals surface area contributed by atoms with Crippen molar-refractivity contribution in [1.29, 1.82) is 0 Å². The average Bonchev–Trinajstić information content (AvgIpc) is 2.98. The van der Waals surface area contributed by atoms with E-state index in [1.165, 1.54) is 76.0 Å². The van der Waals surface area contributed by atoms with E-state index in [9.17, 15) is 13.6 Å². The second kappa shape index (κ2) is 18.3. The molecule has 0 heterocycles. The molecule has 0 aliphatic heterocycles. The van der Waals surface area contributed by atoms with Crippen molar-refractivity contribution in [1.82, 2.24) is 0 Å². The molecule has 0 fully saturated rings. The molecule has 0 saturated carbocycles. The highest BCUT2D eigenvalue weighted by Gasteiger charge is 2.14. The number of hydrogen-bond acceptors (Lipinski definition) is 3. The van der Waals surface area contributed by atoms with Gasteiger partial charge in [-0.2, -0.15) is 0 Å². The standard InChI is InChI=1S/C36H46F2O3/c1-3-5-7-9-11-12-14-16-28-17-23-35(32(37)26-28)41-36(39)30-20-18-29(19-21-30)31-22-24-34(33(38)27-31)40-25-15-13-10-8-6-4-2/h17-24,26-27H,3-16,25H2,1-2H3. The smallest absolute Gasteiger partial charge is 0.343 e. The Hall–Kier alpha value is -3.21. The Morgan fingerprint density at radius 2 is 1.17 bits per heavy atom. The highest BCUT2D eigenvalue weighted by atomic mass is 19.1. The molecule has 0 aromatic heterocycles. The third kappa shape index (κ3) is 11.3. The second-order valence-electron chi connectivity index (χ2n) is 10.9. The summed E-state index contributed by atoms with van der Waals surface area (Å²) in [5.74, 6) is -1.42. The maximum Gasteiger partial charge on any atom is 0.343 e. The Balaban J connectivity index is 1.47. The number of unbranched alkanes of at least 4 members (excludes halogenated alkanes) is 11. The Morgan fingerprint density at radius 1 is 0.610 bits per heavy atom. The Morgan fingerprint density at radius 3 is 1.80 bits per heavy atom. The molecule has 0 amide bonds. The van der Waals surface area contributed by atoms with E-state index >= 15 is 0 Å². The van der Waals surface area contributed by atoms with Crippen LogP contribution in [-0.2, 0) is 6.42 Å². The summed E-state index contributed by atoms with van der Waals surface area (Å²) in [4.78, 5) is 12.7. The van der Waals surface area contributed by atoms with Crippen molar-refractivity contribution in [2.24, 2.45) is 0 Å². The fraction of sp³-hybridized carbons (Fsp3) is 0.472. The molecule has 0 saturated heterocycles. The van der Waals surface area contributed by atoms with E-state index in [2.05, 4.69) is 13.8 Å². The minimum atomic E-state index is -0.639. The van der Waals surface area contributed by atoms with Gasteiger partial charge in [0.2, 0.25) is 0 Å². The Labute approximate surface area is 245 Å². The van der Waals surface area contributed by atoms with E-state index in [0.29, 0.717) is 17.7 Å². The van der Waals surface area contributed by atoms with Gasteiger partial charge in [0.25, 0.3) is 0 Å². The molecular formula is C36H46F2O3. The molecule has 3 rings (SSSR count). The number of halogens is 2. The molecule has 0 aliphatic rings. The Kier molecular flexibility index (Phi) is 14.4. The van der Waals surface area contributed by atoms with Crippen LogP contribution in [0.15, 0.2) is 60.7 Å². The van der Waals surface area contributed by atoms with E-state index in [-0.39, 0.29) is 11.5 Å². The minimum Gasteiger partial charge on any atom is -0.491 e. The summed E-state index contributed by atoms with van der Waals surface area (Å²) in [6.45, 7) is 4.91. The summed E-state index contributed by atoms with van der Waals surface area (Å²) in [6.07, 6.45) is 16.2. The largest absolute Gasteiger partial charge is 0.491 e. The van der Waals surface area contributed by atoms with Gasteiger partial charge < -0.3 is 9.47 Å². The molecular weight excluding hydrogens is 518 g/mol. The summed E-state index contributed by atoms with van der Waals surface area (Å²) >= 11 is 0. The van der Waals surface area contributed by atoms with Crippen LogP contribution in [0.5, 0.6) is 11.5 Å². The third-order valence-corrected chi connectivity index (χ3v) is 7.41. The third-order valence-electron chi connectivity index (χ3n) is 7.41. The predicted octanol–water partition coefficient (Wildman–Crippen LogP) is 10.9. The van der Waals surface area contributed by atoms with Gasteiger partial charge in [0.05, 0.1) is 12.2 Å². The van der Waals surface area contributed by atoms with Gasteiger partial charge in [0, 0.05) is 0 Å². The van der Waals surface area contributed by atoms with Crippen LogP contribution < -0.4 is 9.47 Å². The van der Waals surface area contributed by atoms with Gasteiger partial charge in [-0.15, -0.1) is 0 Å². The molecule has 5 heteroatoms. The van der Waals surface area contributed by atoms with Crippen molar-refractivity contribution >= 4 is 5.97 Å². The molecule has 3 nitrogen and oxygen atoms in total. The SMILES string of the molecule is CCCCCCCCCc1ccc(OC(=O)c2ccc(-c3ccc(OCCCCCCCC)c(F)c3)cc2)c(F)c1. The molecule has 0 radical (unpaired) electrons. The van der Waals surface area contributed by atoms with Crippen molar-refractivity contribution in [3.8, 4) is 22.6 Å². The van der Waals surface area contributed by atoms with Crippen molar-refractivity contribution < 1.29 is 23.0 Å². The first kappa shape index (κ1) is 32.3. The minimum absolute atomic E-state index is 0.0824. The summed E-state index contributed by atoms with van der Waals surface area (Å²) in [5.41, 5.74) is 2.63. The number of ether oxygens (including phenoxy) is 2. The highest BCUT2D eigenvalue weighted by molar-refractivity contribution is 5.91. The topological polar surface area (TPSA) is 35.5 Å². The second-order valence-corrected chi connectivity index (χ2v) is 10.9. The monoisotopic (exact) mass is 564 g/mol. The zero-order valence-corrected chi connectivity index (χ0v) is 24.9. The van der Waals surface area contributed by atoms with Crippen molar-refractivity contribution in [3.05, 3.63) is 83.4 Å². The van der Waals surface area contributed by atoms with E-state index in [4.69, 9.17) is 9.47 Å². The first-order chi connectivity index (χ1) is 20.0. The van der Waals surface area contributed by atoms with E-state index in [1.807, 2.05) is 6.07 Å². The molecule has 0 aliphatic carbocycles. The number of carbonyl (C=O) groups excluding carboxylic acids is 1. The van der Waals surface area contributed by atoms with Crippen LogP contribution >= 0.6 is 0 Å². The van der Waals surface area contributed by atoms with Crippen LogP contribution in [0.3, 0.4) is 0 Å². The summed E-state index contributed by atoms with van der Waals surface area (Å²) in [5, 5.41) is 0. The van der Waals surface area contributed by atoms with Crippen LogP contribution in [0.2, 0.25) is 0 Å². The molecule has 0 atom stereocenters. The number of esters is 1. The first-order valence-corrected chi connectivity index (χ1v) is 15.5. The fourth-order valence-corrected chi connectivity index (χ4v) is 4.89. The van der Waals surface area contributed by atoms with Crippen LogP contribution in [0.25, 0.3) is 11.1 Å². The lowest BCUT2D eigenvalue weighted by Gasteiger charge is -2.10. The number of aryl methyl sites for hydroxylation is 1. The van der Waals surface area contributed by atoms with Gasteiger partial charge in [0.1, 0.15) is 0 Å². The normalized spacial score (nSPS) is 11.0. The maximum absolute atomic E-state index is 14.6. The molecule has 0 N–H and O–H groups in total. The van der Waals surface area contributed by atoms with Crippen LogP contribution in [-0.4, -0.2) is 12.6 Å². The van der Waals surface area contributed by atoms with E-state index in [1.54, 1.807) is 36.4 Å². The van der Waals surface area contributed by atoms with Gasteiger partial charge in [-0.25, -0.2) is 13.6 Å². The van der Waals surface area contributed by atoms with Gasteiger partial charge in [0.15, 0.2) is 23.1 Å². The van der Waals surface area contributed by atoms with E-state index in [0.717, 1.165) is 43.2 Å². The van der Waals surface area contributed by atoms with Crippen LogP contribution in [0.1, 0.15) is 113 Å². The lowest BCUT2D eigenvalue weighted by Crippen LogP contribution is -2.09. The molecule has 3 aromatic carbocycles. The van der Waals surface area contributed by atoms with Gasteiger partial charge >= 0.3 is 5.97 Å². The molecule has 0 bridgehead atoms. The van der Waals surface area contributed by atoms with Crippen LogP contribution in [0.4, 0.5) is 8.78 Å². The molecule has 0 unspecified atom stereocenters. The summed E-state index contributed by atoms with van der Waals surface area (Å²) < 4.78 is 40.2. The summed E-state index contributed by atoms with van der Waals surface area (Å²) in [7, 11) is 0. The quantitative estimate of drug-likeness (QED) is 0.0825. The lowest BCUT2D eigenvalue weighted by molar-refractivity contribution is 0.0728. The number of rotatable bonds is 19. The molecule has 222 valence electrons. The van der Waals surface area contributed by atoms with Gasteiger partial charge in [-0.3, -0.25) is 0 Å².